The van der Waals surface area contributed by atoms with Gasteiger partial charge in [0.15, 0.2) is 0 Å². The summed E-state index contributed by atoms with van der Waals surface area (Å²) in [6.07, 6.45) is 8.32. The van der Waals surface area contributed by atoms with Crippen LogP contribution in [0.3, 0.4) is 0 Å². The van der Waals surface area contributed by atoms with Gasteiger partial charge in [0, 0.05) is 43.7 Å². The fourth-order valence-corrected chi connectivity index (χ4v) is 3.59. The molecule has 7 heteroatoms. The van der Waals surface area contributed by atoms with Crippen LogP contribution < -0.4 is 0 Å². The van der Waals surface area contributed by atoms with Gasteiger partial charge in [-0.05, 0) is 31.4 Å². The third-order valence-electron chi connectivity index (χ3n) is 5.01. The second-order valence-electron chi connectivity index (χ2n) is 6.86. The van der Waals surface area contributed by atoms with Crippen LogP contribution in [0.1, 0.15) is 53.5 Å². The number of carbonyl (C=O) groups excluding carboxylic acids is 1. The van der Waals surface area contributed by atoms with Gasteiger partial charge in [0.05, 0.1) is 17.9 Å². The zero-order valence-electron chi connectivity index (χ0n) is 15.4. The van der Waals surface area contributed by atoms with Crippen LogP contribution in [-0.4, -0.2) is 43.6 Å². The van der Waals surface area contributed by atoms with Crippen molar-refractivity contribution < 1.29 is 9.32 Å². The maximum absolute atomic E-state index is 12.8. The molecule has 3 aromatic heterocycles. The molecule has 0 saturated carbocycles. The van der Waals surface area contributed by atoms with E-state index in [1.54, 1.807) is 12.3 Å². The van der Waals surface area contributed by atoms with Gasteiger partial charge in [-0.25, -0.2) is 4.98 Å². The molecule has 27 heavy (non-hydrogen) atoms. The summed E-state index contributed by atoms with van der Waals surface area (Å²) in [5.74, 6) is 1.44. The highest BCUT2D eigenvalue weighted by Gasteiger charge is 2.29. The molecule has 0 aromatic carbocycles. The van der Waals surface area contributed by atoms with Crippen LogP contribution in [-0.2, 0) is 13.0 Å². The van der Waals surface area contributed by atoms with E-state index in [0.29, 0.717) is 18.8 Å². The molecule has 4 rings (SSSR count). The number of nitrogens with zero attached hydrogens (tertiary/aromatic N) is 5. The normalized spacial score (nSPS) is 17.2. The summed E-state index contributed by atoms with van der Waals surface area (Å²) in [6.45, 7) is 4.05. The lowest BCUT2D eigenvalue weighted by atomic mass is 9.96. The number of carbonyl (C=O) groups is 1. The Morgan fingerprint density at radius 1 is 1.26 bits per heavy atom. The van der Waals surface area contributed by atoms with Crippen molar-refractivity contribution >= 4 is 5.91 Å². The van der Waals surface area contributed by atoms with Gasteiger partial charge in [0.25, 0.3) is 5.91 Å². The van der Waals surface area contributed by atoms with E-state index in [9.17, 15) is 4.79 Å². The third kappa shape index (κ3) is 3.77. The van der Waals surface area contributed by atoms with Gasteiger partial charge in [0.2, 0.25) is 5.76 Å². The molecule has 7 nitrogen and oxygen atoms in total. The quantitative estimate of drug-likeness (QED) is 0.695. The minimum atomic E-state index is -0.0882. The Kier molecular flexibility index (Phi) is 5.00. The van der Waals surface area contributed by atoms with Crippen molar-refractivity contribution in [2.24, 2.45) is 0 Å². The summed E-state index contributed by atoms with van der Waals surface area (Å²) in [5, 5.41) is 3.93. The summed E-state index contributed by atoms with van der Waals surface area (Å²) in [4.78, 5) is 23.6. The number of aryl methyl sites for hydroxylation is 1. The zero-order valence-corrected chi connectivity index (χ0v) is 15.4. The number of hydrogen-bond acceptors (Lipinski definition) is 5. The molecule has 140 valence electrons. The van der Waals surface area contributed by atoms with E-state index in [1.165, 1.54) is 0 Å². The number of imidazole rings is 1. The average Bonchev–Trinajstić information content (AvgIpc) is 3.38. The van der Waals surface area contributed by atoms with E-state index in [4.69, 9.17) is 4.52 Å². The smallest absolute Gasteiger partial charge is 0.292 e. The van der Waals surface area contributed by atoms with Crippen molar-refractivity contribution in [3.05, 3.63) is 65.8 Å². The molecule has 1 unspecified atom stereocenters. The Morgan fingerprint density at radius 2 is 2.19 bits per heavy atom. The number of amides is 1. The number of aromatic nitrogens is 4. The molecule has 1 fully saturated rings. The molecule has 1 aliphatic rings. The van der Waals surface area contributed by atoms with Crippen molar-refractivity contribution in [2.45, 2.75) is 38.6 Å². The fraction of sp³-hybridized carbons (Fsp3) is 0.400. The summed E-state index contributed by atoms with van der Waals surface area (Å²) >= 11 is 0. The monoisotopic (exact) mass is 365 g/mol. The third-order valence-corrected chi connectivity index (χ3v) is 5.01. The largest absolute Gasteiger partial charge is 0.351 e. The molecule has 3 aromatic rings. The highest BCUT2D eigenvalue weighted by molar-refractivity contribution is 5.91. The summed E-state index contributed by atoms with van der Waals surface area (Å²) in [7, 11) is 0. The Morgan fingerprint density at radius 3 is 2.96 bits per heavy atom. The first-order chi connectivity index (χ1) is 13.2. The van der Waals surface area contributed by atoms with Gasteiger partial charge in [-0.15, -0.1) is 0 Å². The first kappa shape index (κ1) is 17.5. The van der Waals surface area contributed by atoms with Crippen LogP contribution in [0.25, 0.3) is 0 Å². The van der Waals surface area contributed by atoms with Gasteiger partial charge in [-0.3, -0.25) is 9.78 Å². The molecule has 4 heterocycles. The lowest BCUT2D eigenvalue weighted by Gasteiger charge is -2.32. The van der Waals surface area contributed by atoms with Crippen LogP contribution in [0.15, 0.2) is 47.4 Å². The lowest BCUT2D eigenvalue weighted by Crippen LogP contribution is -2.39. The maximum atomic E-state index is 12.8. The van der Waals surface area contributed by atoms with Crippen molar-refractivity contribution in [2.75, 3.05) is 13.1 Å². The van der Waals surface area contributed by atoms with E-state index in [2.05, 4.69) is 19.7 Å². The highest BCUT2D eigenvalue weighted by Crippen LogP contribution is 2.27. The molecule has 1 aliphatic heterocycles. The molecule has 0 N–H and O–H groups in total. The average molecular weight is 365 g/mol. The predicted octanol–water partition coefficient (Wildman–Crippen LogP) is 2.90. The molecule has 1 atom stereocenters. The summed E-state index contributed by atoms with van der Waals surface area (Å²) in [6, 6.07) is 7.65. The van der Waals surface area contributed by atoms with Crippen molar-refractivity contribution in [3.8, 4) is 0 Å². The Hall–Kier alpha value is -2.96. The number of rotatable bonds is 5. The fourth-order valence-electron chi connectivity index (χ4n) is 3.59. The maximum Gasteiger partial charge on any atom is 0.292 e. The Balaban J connectivity index is 1.49. The second-order valence-corrected chi connectivity index (χ2v) is 6.86. The van der Waals surface area contributed by atoms with Gasteiger partial charge in [-0.1, -0.05) is 18.1 Å². The van der Waals surface area contributed by atoms with E-state index < -0.39 is 0 Å². The molecule has 1 saturated heterocycles. The van der Waals surface area contributed by atoms with E-state index in [0.717, 1.165) is 43.0 Å². The number of piperidine rings is 1. The molecular formula is C20H23N5O2. The highest BCUT2D eigenvalue weighted by atomic mass is 16.5. The predicted molar refractivity (Wildman–Crippen MR) is 99.3 cm³/mol. The molecule has 0 radical (unpaired) electrons. The number of likely N-dealkylation sites (tertiary alicyclic amines) is 1. The van der Waals surface area contributed by atoms with Crippen LogP contribution in [0, 0.1) is 0 Å². The topological polar surface area (TPSA) is 77.0 Å². The summed E-state index contributed by atoms with van der Waals surface area (Å²) in [5.41, 5.74) is 1.80. The van der Waals surface area contributed by atoms with Crippen molar-refractivity contribution in [1.82, 2.24) is 24.6 Å². The van der Waals surface area contributed by atoms with Gasteiger partial charge >= 0.3 is 0 Å². The molecule has 0 aliphatic carbocycles. The van der Waals surface area contributed by atoms with Gasteiger partial charge in [-0.2, -0.15) is 0 Å². The van der Waals surface area contributed by atoms with E-state index in [-0.39, 0.29) is 11.8 Å². The zero-order chi connectivity index (χ0) is 18.6. The van der Waals surface area contributed by atoms with Crippen LogP contribution in [0.2, 0.25) is 0 Å². The van der Waals surface area contributed by atoms with Crippen molar-refractivity contribution in [1.29, 1.82) is 0 Å². The SMILES string of the molecule is CCc1cc(C(=O)N2CCCC(c3nccn3Cc3ccccn3)C2)on1. The molecule has 0 bridgehead atoms. The van der Waals surface area contributed by atoms with Crippen LogP contribution in [0.5, 0.6) is 0 Å². The van der Waals surface area contributed by atoms with Crippen molar-refractivity contribution in [3.63, 3.8) is 0 Å². The summed E-state index contributed by atoms with van der Waals surface area (Å²) < 4.78 is 7.36. The van der Waals surface area contributed by atoms with E-state index >= 15 is 0 Å². The van der Waals surface area contributed by atoms with Gasteiger partial charge < -0.3 is 14.0 Å². The van der Waals surface area contributed by atoms with Crippen LogP contribution in [0.4, 0.5) is 0 Å². The first-order valence-corrected chi connectivity index (χ1v) is 9.40. The number of pyridine rings is 1. The molecular weight excluding hydrogens is 342 g/mol. The Labute approximate surface area is 158 Å². The minimum absolute atomic E-state index is 0.0882. The number of hydrogen-bond donors (Lipinski definition) is 0. The van der Waals surface area contributed by atoms with Crippen LogP contribution >= 0.6 is 0 Å². The van der Waals surface area contributed by atoms with Gasteiger partial charge in [0.1, 0.15) is 5.82 Å². The first-order valence-electron chi connectivity index (χ1n) is 9.40. The van der Waals surface area contributed by atoms with E-state index in [1.807, 2.05) is 42.4 Å². The molecule has 1 amide bonds. The Bertz CT molecular complexity index is 902. The minimum Gasteiger partial charge on any atom is -0.351 e. The second kappa shape index (κ2) is 7.73. The standard InChI is InChI=1S/C20H23N5O2/c1-2-16-12-18(27-23-16)20(26)25-10-5-6-15(13-25)19-22-9-11-24(19)14-17-7-3-4-8-21-17/h3-4,7-9,11-12,15H,2,5-6,10,13-14H2,1H3. The molecule has 0 spiro atoms. The lowest BCUT2D eigenvalue weighted by molar-refractivity contribution is 0.0661.